The van der Waals surface area contributed by atoms with Crippen molar-refractivity contribution in [3.8, 4) is 0 Å². The van der Waals surface area contributed by atoms with Crippen molar-refractivity contribution in [2.24, 2.45) is 5.92 Å². The second-order valence-electron chi connectivity index (χ2n) is 5.98. The van der Waals surface area contributed by atoms with Gasteiger partial charge in [-0.25, -0.2) is 18.6 Å². The molecule has 7 heteroatoms. The van der Waals surface area contributed by atoms with Crippen molar-refractivity contribution in [2.75, 3.05) is 11.9 Å². The van der Waals surface area contributed by atoms with E-state index in [2.05, 4.69) is 15.6 Å². The highest BCUT2D eigenvalue weighted by atomic mass is 32.1. The quantitative estimate of drug-likeness (QED) is 0.883. The fourth-order valence-electron chi connectivity index (χ4n) is 2.68. The number of carbonyl (C=O) groups is 1. The molecule has 3 rings (SSSR count). The maximum Gasteiger partial charge on any atom is 0.319 e. The van der Waals surface area contributed by atoms with Crippen LogP contribution >= 0.6 is 11.3 Å². The molecule has 2 saturated carbocycles. The molecule has 0 saturated heterocycles. The molecule has 2 amide bonds. The van der Waals surface area contributed by atoms with Crippen LogP contribution in [-0.4, -0.2) is 23.5 Å². The zero-order chi connectivity index (χ0) is 14.9. The van der Waals surface area contributed by atoms with Gasteiger partial charge >= 0.3 is 6.03 Å². The lowest BCUT2D eigenvalue weighted by Gasteiger charge is -2.28. The van der Waals surface area contributed by atoms with Gasteiger partial charge in [-0.1, -0.05) is 0 Å². The van der Waals surface area contributed by atoms with E-state index in [0.29, 0.717) is 25.3 Å². The molecule has 4 nitrogen and oxygen atoms in total. The maximum atomic E-state index is 13.0. The van der Waals surface area contributed by atoms with Gasteiger partial charge in [0.1, 0.15) is 5.00 Å². The van der Waals surface area contributed by atoms with Gasteiger partial charge in [0.15, 0.2) is 0 Å². The Morgan fingerprint density at radius 2 is 2.05 bits per heavy atom. The Hall–Kier alpha value is -1.24. The lowest BCUT2D eigenvalue weighted by Crippen LogP contribution is -2.36. The fraction of sp³-hybridized carbons (Fsp3) is 0.714. The zero-order valence-electron chi connectivity index (χ0n) is 11.7. The first-order valence-corrected chi connectivity index (χ1v) is 8.27. The minimum Gasteiger partial charge on any atom is -0.338 e. The van der Waals surface area contributed by atoms with E-state index < -0.39 is 5.92 Å². The maximum absolute atomic E-state index is 13.0. The third kappa shape index (κ3) is 3.90. The molecule has 2 N–H and O–H groups in total. The third-order valence-corrected chi connectivity index (χ3v) is 4.93. The number of alkyl halides is 2. The van der Waals surface area contributed by atoms with Crippen LogP contribution in [0.4, 0.5) is 18.6 Å². The molecule has 2 aliphatic carbocycles. The number of halogens is 2. The number of nitrogens with zero attached hydrogens (tertiary/aromatic N) is 1. The number of thiazole rings is 1. The van der Waals surface area contributed by atoms with Crippen LogP contribution < -0.4 is 10.6 Å². The van der Waals surface area contributed by atoms with Crippen LogP contribution in [0.1, 0.15) is 50.1 Å². The molecule has 0 atom stereocenters. The highest BCUT2D eigenvalue weighted by Crippen LogP contribution is 2.43. The SMILES string of the molecule is O=C(NCC1CCC(F)(F)CC1)Nc1scnc1C1CC1. The minimum atomic E-state index is -2.51. The van der Waals surface area contributed by atoms with Crippen LogP contribution in [0.2, 0.25) is 0 Å². The molecule has 0 bridgehead atoms. The molecule has 0 radical (unpaired) electrons. The van der Waals surface area contributed by atoms with Crippen LogP contribution in [0.5, 0.6) is 0 Å². The Morgan fingerprint density at radius 3 is 2.71 bits per heavy atom. The number of amides is 2. The van der Waals surface area contributed by atoms with Crippen molar-refractivity contribution in [3.05, 3.63) is 11.2 Å². The molecule has 1 aromatic rings. The van der Waals surface area contributed by atoms with E-state index in [1.54, 1.807) is 5.51 Å². The number of nitrogens with one attached hydrogen (secondary N) is 2. The summed E-state index contributed by atoms with van der Waals surface area (Å²) in [7, 11) is 0. The zero-order valence-corrected chi connectivity index (χ0v) is 12.5. The van der Waals surface area contributed by atoms with Gasteiger partial charge in [-0.05, 0) is 31.6 Å². The Labute approximate surface area is 126 Å². The van der Waals surface area contributed by atoms with E-state index in [4.69, 9.17) is 0 Å². The Balaban J connectivity index is 1.43. The number of aromatic nitrogens is 1. The van der Waals surface area contributed by atoms with Gasteiger partial charge in [0.25, 0.3) is 0 Å². The number of anilines is 1. The van der Waals surface area contributed by atoms with Crippen molar-refractivity contribution in [1.82, 2.24) is 10.3 Å². The molecule has 2 fully saturated rings. The minimum absolute atomic E-state index is 0.0678. The van der Waals surface area contributed by atoms with Gasteiger partial charge in [0, 0.05) is 25.3 Å². The predicted molar refractivity (Wildman–Crippen MR) is 78.0 cm³/mol. The van der Waals surface area contributed by atoms with Crippen molar-refractivity contribution in [2.45, 2.75) is 50.4 Å². The standard InChI is InChI=1S/C14H19F2N3OS/c15-14(16)5-3-9(4-6-14)7-17-13(20)19-12-11(10-1-2-10)18-8-21-12/h8-10H,1-7H2,(H2,17,19,20). The normalized spacial score (nSPS) is 22.0. The van der Waals surface area contributed by atoms with Crippen molar-refractivity contribution < 1.29 is 13.6 Å². The Bertz CT molecular complexity index is 506. The number of urea groups is 1. The number of hydrogen-bond donors (Lipinski definition) is 2. The fourth-order valence-corrected chi connectivity index (χ4v) is 3.45. The molecule has 0 aliphatic heterocycles. The molecular weight excluding hydrogens is 296 g/mol. The van der Waals surface area contributed by atoms with Crippen molar-refractivity contribution in [1.29, 1.82) is 0 Å². The second-order valence-corrected chi connectivity index (χ2v) is 6.83. The summed E-state index contributed by atoms with van der Waals surface area (Å²) in [6.45, 7) is 0.458. The van der Waals surface area contributed by atoms with Gasteiger partial charge in [-0.2, -0.15) is 0 Å². The number of hydrogen-bond acceptors (Lipinski definition) is 3. The Kier molecular flexibility index (Phi) is 4.10. The predicted octanol–water partition coefficient (Wildman–Crippen LogP) is 3.97. The second kappa shape index (κ2) is 5.87. The van der Waals surface area contributed by atoms with Crippen LogP contribution in [0.15, 0.2) is 5.51 Å². The molecule has 0 aromatic carbocycles. The first-order valence-electron chi connectivity index (χ1n) is 7.39. The summed E-state index contributed by atoms with van der Waals surface area (Å²) in [5.41, 5.74) is 2.72. The van der Waals surface area contributed by atoms with Crippen molar-refractivity contribution in [3.63, 3.8) is 0 Å². The average molecular weight is 315 g/mol. The van der Waals surface area contributed by atoms with Crippen LogP contribution in [-0.2, 0) is 0 Å². The summed E-state index contributed by atoms with van der Waals surface area (Å²) in [5.74, 6) is -1.87. The van der Waals surface area contributed by atoms with E-state index in [0.717, 1.165) is 23.5 Å². The topological polar surface area (TPSA) is 54.0 Å². The molecular formula is C14H19F2N3OS. The van der Waals surface area contributed by atoms with E-state index in [1.165, 1.54) is 11.3 Å². The summed E-state index contributed by atoms with van der Waals surface area (Å²) in [6.07, 6.45) is 3.08. The van der Waals surface area contributed by atoms with E-state index in [1.807, 2.05) is 0 Å². The van der Waals surface area contributed by atoms with Gasteiger partial charge in [-0.3, -0.25) is 5.32 Å². The summed E-state index contributed by atoms with van der Waals surface area (Å²) < 4.78 is 26.1. The van der Waals surface area contributed by atoms with Crippen LogP contribution in [0.25, 0.3) is 0 Å². The van der Waals surface area contributed by atoms with Gasteiger partial charge in [-0.15, -0.1) is 11.3 Å². The highest BCUT2D eigenvalue weighted by molar-refractivity contribution is 7.14. The molecule has 21 heavy (non-hydrogen) atoms. The van der Waals surface area contributed by atoms with E-state index in [-0.39, 0.29) is 24.8 Å². The summed E-state index contributed by atoms with van der Waals surface area (Å²) in [4.78, 5) is 16.2. The van der Waals surface area contributed by atoms with Gasteiger partial charge < -0.3 is 5.32 Å². The molecule has 116 valence electrons. The largest absolute Gasteiger partial charge is 0.338 e. The summed E-state index contributed by atoms with van der Waals surface area (Å²) in [5, 5.41) is 6.42. The van der Waals surface area contributed by atoms with E-state index >= 15 is 0 Å². The van der Waals surface area contributed by atoms with Crippen molar-refractivity contribution >= 4 is 22.4 Å². The highest BCUT2D eigenvalue weighted by Gasteiger charge is 2.35. The molecule has 0 unspecified atom stereocenters. The van der Waals surface area contributed by atoms with Crippen LogP contribution in [0.3, 0.4) is 0 Å². The molecule has 0 spiro atoms. The number of rotatable bonds is 4. The summed E-state index contributed by atoms with van der Waals surface area (Å²) in [6, 6.07) is -0.265. The number of carbonyl (C=O) groups excluding carboxylic acids is 1. The molecule has 1 aromatic heterocycles. The Morgan fingerprint density at radius 1 is 1.33 bits per heavy atom. The lowest BCUT2D eigenvalue weighted by molar-refractivity contribution is -0.0451. The molecule has 1 heterocycles. The first-order chi connectivity index (χ1) is 10.0. The van der Waals surface area contributed by atoms with Crippen LogP contribution in [0, 0.1) is 5.92 Å². The monoisotopic (exact) mass is 315 g/mol. The van der Waals surface area contributed by atoms with Gasteiger partial charge in [0.2, 0.25) is 5.92 Å². The lowest BCUT2D eigenvalue weighted by atomic mass is 9.87. The smallest absolute Gasteiger partial charge is 0.319 e. The van der Waals surface area contributed by atoms with Gasteiger partial charge in [0.05, 0.1) is 11.2 Å². The van der Waals surface area contributed by atoms with E-state index in [9.17, 15) is 13.6 Å². The molecule has 2 aliphatic rings. The first kappa shape index (κ1) is 14.7. The summed E-state index contributed by atoms with van der Waals surface area (Å²) >= 11 is 1.43. The third-order valence-electron chi connectivity index (χ3n) is 4.17. The average Bonchev–Trinajstić information content (AvgIpc) is 3.18.